The van der Waals surface area contributed by atoms with Crippen LogP contribution in [0.15, 0.2) is 22.5 Å². The number of rotatable bonds is 4. The van der Waals surface area contributed by atoms with Gasteiger partial charge < -0.3 is 15.5 Å². The van der Waals surface area contributed by atoms with Crippen molar-refractivity contribution in [2.24, 2.45) is 10.7 Å². The summed E-state index contributed by atoms with van der Waals surface area (Å²) in [5, 5.41) is 2.11. The molecule has 0 bridgehead atoms. The minimum absolute atomic E-state index is 0.317. The predicted molar refractivity (Wildman–Crippen MR) is 86.1 cm³/mol. The molecule has 1 aliphatic heterocycles. The van der Waals surface area contributed by atoms with Crippen molar-refractivity contribution in [2.75, 3.05) is 45.2 Å². The van der Waals surface area contributed by atoms with Gasteiger partial charge in [-0.2, -0.15) is 11.8 Å². The highest BCUT2D eigenvalue weighted by molar-refractivity contribution is 7.99. The maximum atomic E-state index is 6.10. The van der Waals surface area contributed by atoms with Gasteiger partial charge in [-0.05, 0) is 25.5 Å². The Kier molecular flexibility index (Phi) is 5.54. The first-order valence-corrected chi connectivity index (χ1v) is 8.54. The lowest BCUT2D eigenvalue weighted by atomic mass is 10.2. The minimum Gasteiger partial charge on any atom is -0.370 e. The van der Waals surface area contributed by atoms with Gasteiger partial charge in [-0.1, -0.05) is 6.07 Å². The minimum atomic E-state index is 0.317. The Morgan fingerprint density at radius 3 is 2.79 bits per heavy atom. The van der Waals surface area contributed by atoms with Crippen LogP contribution in [0.2, 0.25) is 0 Å². The van der Waals surface area contributed by atoms with Gasteiger partial charge in [0.05, 0.1) is 12.6 Å². The van der Waals surface area contributed by atoms with Crippen LogP contribution in [0.25, 0.3) is 0 Å². The van der Waals surface area contributed by atoms with Crippen LogP contribution in [-0.4, -0.2) is 61.0 Å². The van der Waals surface area contributed by atoms with E-state index in [1.807, 2.05) is 11.8 Å². The highest BCUT2D eigenvalue weighted by Gasteiger charge is 2.16. The molecule has 19 heavy (non-hydrogen) atoms. The van der Waals surface area contributed by atoms with Crippen molar-refractivity contribution in [1.82, 2.24) is 9.80 Å². The summed E-state index contributed by atoms with van der Waals surface area (Å²) in [7, 11) is 4.18. The lowest BCUT2D eigenvalue weighted by Crippen LogP contribution is -2.43. The van der Waals surface area contributed by atoms with Gasteiger partial charge in [0.25, 0.3) is 0 Å². The van der Waals surface area contributed by atoms with Gasteiger partial charge in [0.2, 0.25) is 0 Å². The molecule has 0 radical (unpaired) electrons. The van der Waals surface area contributed by atoms with E-state index >= 15 is 0 Å². The van der Waals surface area contributed by atoms with Gasteiger partial charge in [0.1, 0.15) is 0 Å². The zero-order chi connectivity index (χ0) is 13.7. The van der Waals surface area contributed by atoms with E-state index in [4.69, 9.17) is 5.73 Å². The fourth-order valence-corrected chi connectivity index (χ4v) is 3.88. The summed E-state index contributed by atoms with van der Waals surface area (Å²) in [5.41, 5.74) is 6.10. The lowest BCUT2D eigenvalue weighted by molar-refractivity contribution is 0.309. The van der Waals surface area contributed by atoms with Crippen LogP contribution in [0.3, 0.4) is 0 Å². The number of aliphatic imine (C=N–C) groups is 1. The van der Waals surface area contributed by atoms with E-state index in [-0.39, 0.29) is 0 Å². The number of likely N-dealkylation sites (N-methyl/N-ethyl adjacent to an activating group) is 1. The van der Waals surface area contributed by atoms with E-state index in [9.17, 15) is 0 Å². The zero-order valence-electron chi connectivity index (χ0n) is 11.6. The molecule has 2 N–H and O–H groups in total. The monoisotopic (exact) mass is 298 g/mol. The molecule has 2 rings (SSSR count). The number of hydrogen-bond acceptors (Lipinski definition) is 4. The van der Waals surface area contributed by atoms with E-state index in [2.05, 4.69) is 46.4 Å². The highest BCUT2D eigenvalue weighted by atomic mass is 32.2. The summed E-state index contributed by atoms with van der Waals surface area (Å²) in [6.07, 6.45) is 0. The van der Waals surface area contributed by atoms with Gasteiger partial charge in [0, 0.05) is 29.5 Å². The molecule has 1 aliphatic rings. The first-order chi connectivity index (χ1) is 9.18. The standard InChI is InChI=1S/C13H22N4S2/c1-16(2)11(12-4-3-7-19-12)10-15-13(14)17-5-8-18-9-6-17/h3-4,7,11H,5-6,8-10H2,1-2H3,(H2,14,15). The van der Waals surface area contributed by atoms with Gasteiger partial charge in [-0.25, -0.2) is 0 Å². The maximum absolute atomic E-state index is 6.10. The summed E-state index contributed by atoms with van der Waals surface area (Å²) in [4.78, 5) is 10.3. The normalized spacial score (nSPS) is 18.9. The molecule has 106 valence electrons. The SMILES string of the molecule is CN(C)C(CN=C(N)N1CCSCC1)c1cccs1. The molecule has 1 unspecified atom stereocenters. The van der Waals surface area contributed by atoms with E-state index < -0.39 is 0 Å². The molecule has 0 aliphatic carbocycles. The van der Waals surface area contributed by atoms with E-state index in [1.54, 1.807) is 11.3 Å². The zero-order valence-corrected chi connectivity index (χ0v) is 13.2. The third-order valence-electron chi connectivity index (χ3n) is 3.26. The summed E-state index contributed by atoms with van der Waals surface area (Å²) in [6.45, 7) is 2.76. The molecular formula is C13H22N4S2. The Balaban J connectivity index is 1.97. The number of guanidine groups is 1. The van der Waals surface area contributed by atoms with Crippen LogP contribution in [-0.2, 0) is 0 Å². The Morgan fingerprint density at radius 1 is 1.47 bits per heavy atom. The maximum Gasteiger partial charge on any atom is 0.191 e. The van der Waals surface area contributed by atoms with Crippen LogP contribution in [0.5, 0.6) is 0 Å². The van der Waals surface area contributed by atoms with Gasteiger partial charge in [-0.15, -0.1) is 11.3 Å². The Labute approximate surface area is 123 Å². The molecule has 2 heterocycles. The lowest BCUT2D eigenvalue weighted by Gasteiger charge is -2.28. The number of thiophene rings is 1. The van der Waals surface area contributed by atoms with E-state index in [0.717, 1.165) is 31.1 Å². The molecule has 0 aromatic carbocycles. The highest BCUT2D eigenvalue weighted by Crippen LogP contribution is 2.23. The van der Waals surface area contributed by atoms with Crippen LogP contribution in [0.4, 0.5) is 0 Å². The first-order valence-electron chi connectivity index (χ1n) is 6.51. The van der Waals surface area contributed by atoms with Crippen molar-refractivity contribution < 1.29 is 0 Å². The fraction of sp³-hybridized carbons (Fsp3) is 0.615. The Hall–Kier alpha value is -0.720. The molecule has 1 saturated heterocycles. The number of nitrogens with zero attached hydrogens (tertiary/aromatic N) is 3. The van der Waals surface area contributed by atoms with Crippen molar-refractivity contribution in [3.05, 3.63) is 22.4 Å². The number of hydrogen-bond donors (Lipinski definition) is 1. The Bertz CT molecular complexity index is 397. The molecule has 1 aromatic rings. The third-order valence-corrected chi connectivity index (χ3v) is 5.17. The molecule has 1 fully saturated rings. The molecule has 1 aromatic heterocycles. The van der Waals surface area contributed by atoms with Crippen LogP contribution in [0.1, 0.15) is 10.9 Å². The second kappa shape index (κ2) is 7.17. The molecular weight excluding hydrogens is 276 g/mol. The second-order valence-electron chi connectivity index (χ2n) is 4.79. The van der Waals surface area contributed by atoms with Crippen molar-refractivity contribution in [2.45, 2.75) is 6.04 Å². The largest absolute Gasteiger partial charge is 0.370 e. The summed E-state index contributed by atoms with van der Waals surface area (Å²) in [6, 6.07) is 4.57. The van der Waals surface area contributed by atoms with Gasteiger partial charge in [-0.3, -0.25) is 4.99 Å². The topological polar surface area (TPSA) is 44.9 Å². The fourth-order valence-electron chi connectivity index (χ4n) is 2.06. The molecule has 0 saturated carbocycles. The average Bonchev–Trinajstić information content (AvgIpc) is 2.93. The summed E-state index contributed by atoms with van der Waals surface area (Å²) in [5.74, 6) is 3.00. The first kappa shape index (κ1) is 14.7. The molecule has 0 spiro atoms. The van der Waals surface area contributed by atoms with Crippen molar-refractivity contribution in [3.63, 3.8) is 0 Å². The number of nitrogens with two attached hydrogens (primary N) is 1. The van der Waals surface area contributed by atoms with Crippen LogP contribution < -0.4 is 5.73 Å². The van der Waals surface area contributed by atoms with E-state index in [1.165, 1.54) is 4.88 Å². The third kappa shape index (κ3) is 4.12. The summed E-state index contributed by atoms with van der Waals surface area (Å²) >= 11 is 3.76. The van der Waals surface area contributed by atoms with Crippen LogP contribution >= 0.6 is 23.1 Å². The summed E-state index contributed by atoms with van der Waals surface area (Å²) < 4.78 is 0. The molecule has 4 nitrogen and oxygen atoms in total. The number of thioether (sulfide) groups is 1. The molecule has 6 heteroatoms. The van der Waals surface area contributed by atoms with Gasteiger partial charge in [0.15, 0.2) is 5.96 Å². The molecule has 0 amide bonds. The quantitative estimate of drug-likeness (QED) is 0.679. The second-order valence-corrected chi connectivity index (χ2v) is 7.00. The van der Waals surface area contributed by atoms with Crippen molar-refractivity contribution in [1.29, 1.82) is 0 Å². The average molecular weight is 298 g/mol. The van der Waals surface area contributed by atoms with E-state index in [0.29, 0.717) is 12.0 Å². The van der Waals surface area contributed by atoms with Crippen molar-refractivity contribution in [3.8, 4) is 0 Å². The van der Waals surface area contributed by atoms with Crippen LogP contribution in [0, 0.1) is 0 Å². The smallest absolute Gasteiger partial charge is 0.191 e. The predicted octanol–water partition coefficient (Wildman–Crippen LogP) is 1.71. The molecule has 1 atom stereocenters. The van der Waals surface area contributed by atoms with Gasteiger partial charge >= 0.3 is 0 Å². The Morgan fingerprint density at radius 2 is 2.21 bits per heavy atom. The van der Waals surface area contributed by atoms with Crippen molar-refractivity contribution >= 4 is 29.1 Å².